The third-order valence-corrected chi connectivity index (χ3v) is 5.65. The van der Waals surface area contributed by atoms with Crippen molar-refractivity contribution in [1.29, 1.82) is 0 Å². The molecule has 0 aromatic heterocycles. The van der Waals surface area contributed by atoms with Crippen LogP contribution in [-0.4, -0.2) is 12.4 Å². The van der Waals surface area contributed by atoms with Crippen molar-refractivity contribution in [3.05, 3.63) is 29.8 Å². The van der Waals surface area contributed by atoms with Gasteiger partial charge in [-0.25, -0.2) is 0 Å². The number of rotatable bonds is 4. The lowest BCUT2D eigenvalue weighted by atomic mass is 9.79. The summed E-state index contributed by atoms with van der Waals surface area (Å²) < 4.78 is 5.30. The molecule has 1 nitrogen and oxygen atoms in total. The smallest absolute Gasteiger partial charge is 0.119 e. The van der Waals surface area contributed by atoms with E-state index in [1.54, 1.807) is 7.11 Å². The maximum atomic E-state index is 5.30. The predicted molar refractivity (Wildman–Crippen MR) is 73.8 cm³/mol. The summed E-state index contributed by atoms with van der Waals surface area (Å²) in [5.74, 6) is 3.06. The molecule has 0 saturated heterocycles. The fourth-order valence-electron chi connectivity index (χ4n) is 3.52. The molecule has 0 aliphatic heterocycles. The molecule has 2 saturated carbocycles. The van der Waals surface area contributed by atoms with Crippen LogP contribution in [0.15, 0.2) is 24.3 Å². The SMILES string of the molecule is COc1cccc(CC2(CBr)CC3CC3C2)c1. The molecule has 2 fully saturated rings. The second kappa shape index (κ2) is 4.31. The van der Waals surface area contributed by atoms with Crippen molar-refractivity contribution in [3.8, 4) is 5.75 Å². The Balaban J connectivity index is 1.76. The second-order valence-electron chi connectivity index (χ2n) is 5.83. The van der Waals surface area contributed by atoms with Crippen LogP contribution >= 0.6 is 15.9 Å². The standard InChI is InChI=1S/C15H19BrO/c1-17-14-4-2-3-11(5-14)7-15(10-16)8-12-6-13(12)9-15/h2-5,12-13H,6-10H2,1H3. The lowest BCUT2D eigenvalue weighted by Gasteiger charge is -2.29. The molecule has 17 heavy (non-hydrogen) atoms. The van der Waals surface area contributed by atoms with Gasteiger partial charge in [-0.3, -0.25) is 0 Å². The lowest BCUT2D eigenvalue weighted by molar-refractivity contribution is 0.307. The first-order chi connectivity index (χ1) is 8.24. The summed E-state index contributed by atoms with van der Waals surface area (Å²) in [4.78, 5) is 0. The van der Waals surface area contributed by atoms with Crippen LogP contribution in [0.1, 0.15) is 24.8 Å². The van der Waals surface area contributed by atoms with Crippen LogP contribution in [0.2, 0.25) is 0 Å². The van der Waals surface area contributed by atoms with Gasteiger partial charge in [-0.2, -0.15) is 0 Å². The molecule has 1 aromatic rings. The Morgan fingerprint density at radius 1 is 1.35 bits per heavy atom. The molecule has 3 rings (SSSR count). The largest absolute Gasteiger partial charge is 0.497 e. The highest BCUT2D eigenvalue weighted by Gasteiger charge is 2.52. The lowest BCUT2D eigenvalue weighted by Crippen LogP contribution is -2.23. The topological polar surface area (TPSA) is 9.23 Å². The fourth-order valence-corrected chi connectivity index (χ4v) is 4.18. The van der Waals surface area contributed by atoms with Gasteiger partial charge in [0.25, 0.3) is 0 Å². The summed E-state index contributed by atoms with van der Waals surface area (Å²) >= 11 is 3.74. The summed E-state index contributed by atoms with van der Waals surface area (Å²) in [6.45, 7) is 0. The average molecular weight is 295 g/mol. The van der Waals surface area contributed by atoms with Crippen molar-refractivity contribution in [3.63, 3.8) is 0 Å². The Morgan fingerprint density at radius 3 is 2.76 bits per heavy atom. The first-order valence-electron chi connectivity index (χ1n) is 6.44. The average Bonchev–Trinajstić information content (AvgIpc) is 2.98. The van der Waals surface area contributed by atoms with Gasteiger partial charge < -0.3 is 4.74 Å². The van der Waals surface area contributed by atoms with Gasteiger partial charge in [-0.1, -0.05) is 28.1 Å². The number of ether oxygens (including phenoxy) is 1. The van der Waals surface area contributed by atoms with Gasteiger partial charge in [0.2, 0.25) is 0 Å². The number of halogens is 1. The minimum absolute atomic E-state index is 0.514. The minimum atomic E-state index is 0.514. The van der Waals surface area contributed by atoms with Gasteiger partial charge in [0.15, 0.2) is 0 Å². The molecule has 2 atom stereocenters. The number of hydrogen-bond donors (Lipinski definition) is 0. The van der Waals surface area contributed by atoms with E-state index in [2.05, 4.69) is 34.1 Å². The molecule has 92 valence electrons. The van der Waals surface area contributed by atoms with Crippen LogP contribution in [-0.2, 0) is 6.42 Å². The van der Waals surface area contributed by atoms with Gasteiger partial charge in [0, 0.05) is 5.33 Å². The van der Waals surface area contributed by atoms with Crippen molar-refractivity contribution in [1.82, 2.24) is 0 Å². The van der Waals surface area contributed by atoms with Crippen LogP contribution in [0.4, 0.5) is 0 Å². The van der Waals surface area contributed by atoms with E-state index < -0.39 is 0 Å². The maximum absolute atomic E-state index is 5.30. The first kappa shape index (κ1) is 11.6. The number of alkyl halides is 1. The van der Waals surface area contributed by atoms with Crippen LogP contribution in [0.5, 0.6) is 5.75 Å². The molecule has 2 aliphatic carbocycles. The first-order valence-corrected chi connectivity index (χ1v) is 7.56. The van der Waals surface area contributed by atoms with Crippen molar-refractivity contribution in [2.24, 2.45) is 17.3 Å². The molecule has 1 aromatic carbocycles. The Kier molecular flexibility index (Phi) is 2.94. The Hall–Kier alpha value is -0.500. The molecule has 2 unspecified atom stereocenters. The van der Waals surface area contributed by atoms with Gasteiger partial charge in [0.1, 0.15) is 5.75 Å². The summed E-state index contributed by atoms with van der Waals surface area (Å²) in [7, 11) is 1.74. The highest BCUT2D eigenvalue weighted by atomic mass is 79.9. The summed E-state index contributed by atoms with van der Waals surface area (Å²) in [6, 6.07) is 8.55. The maximum Gasteiger partial charge on any atom is 0.119 e. The molecule has 2 aliphatic rings. The van der Waals surface area contributed by atoms with E-state index in [1.165, 1.54) is 31.2 Å². The van der Waals surface area contributed by atoms with Crippen LogP contribution in [0, 0.1) is 17.3 Å². The van der Waals surface area contributed by atoms with Crippen molar-refractivity contribution in [2.75, 3.05) is 12.4 Å². The molecule has 0 bridgehead atoms. The van der Waals surface area contributed by atoms with E-state index in [1.807, 2.05) is 6.07 Å². The van der Waals surface area contributed by atoms with Crippen molar-refractivity contribution >= 4 is 15.9 Å². The quantitative estimate of drug-likeness (QED) is 0.761. The summed E-state index contributed by atoms with van der Waals surface area (Å²) in [5, 5.41) is 1.14. The minimum Gasteiger partial charge on any atom is -0.497 e. The van der Waals surface area contributed by atoms with Crippen LogP contribution < -0.4 is 4.74 Å². The normalized spacial score (nSPS) is 34.5. The van der Waals surface area contributed by atoms with Gasteiger partial charge in [0.05, 0.1) is 7.11 Å². The molecule has 0 spiro atoms. The number of fused-ring (bicyclic) bond motifs is 1. The molecule has 0 heterocycles. The molecule has 0 N–H and O–H groups in total. The van der Waals surface area contributed by atoms with E-state index in [9.17, 15) is 0 Å². The Labute approximate surface area is 112 Å². The van der Waals surface area contributed by atoms with Gasteiger partial charge in [-0.15, -0.1) is 0 Å². The molecule has 2 heteroatoms. The summed E-state index contributed by atoms with van der Waals surface area (Å²) in [6.07, 6.45) is 5.52. The van der Waals surface area contributed by atoms with E-state index in [-0.39, 0.29) is 0 Å². The molecular weight excluding hydrogens is 276 g/mol. The van der Waals surface area contributed by atoms with E-state index in [0.717, 1.165) is 22.9 Å². The van der Waals surface area contributed by atoms with Crippen LogP contribution in [0.3, 0.4) is 0 Å². The van der Waals surface area contributed by atoms with E-state index in [4.69, 9.17) is 4.74 Å². The Bertz CT molecular complexity index is 405. The molecule has 0 radical (unpaired) electrons. The van der Waals surface area contributed by atoms with Crippen molar-refractivity contribution in [2.45, 2.75) is 25.7 Å². The summed E-state index contributed by atoms with van der Waals surface area (Å²) in [5.41, 5.74) is 1.94. The third-order valence-electron chi connectivity index (χ3n) is 4.46. The monoisotopic (exact) mass is 294 g/mol. The Morgan fingerprint density at radius 2 is 2.12 bits per heavy atom. The van der Waals surface area contributed by atoms with Crippen LogP contribution in [0.25, 0.3) is 0 Å². The second-order valence-corrected chi connectivity index (χ2v) is 6.39. The molecule has 0 amide bonds. The fraction of sp³-hybridized carbons (Fsp3) is 0.600. The number of benzene rings is 1. The number of methoxy groups -OCH3 is 1. The van der Waals surface area contributed by atoms with E-state index >= 15 is 0 Å². The highest BCUT2D eigenvalue weighted by molar-refractivity contribution is 9.09. The van der Waals surface area contributed by atoms with Gasteiger partial charge in [-0.05, 0) is 60.6 Å². The predicted octanol–water partition coefficient (Wildman–Crippen LogP) is 4.05. The van der Waals surface area contributed by atoms with Crippen molar-refractivity contribution < 1.29 is 4.74 Å². The zero-order valence-corrected chi connectivity index (χ0v) is 11.9. The zero-order valence-electron chi connectivity index (χ0n) is 10.3. The van der Waals surface area contributed by atoms with E-state index in [0.29, 0.717) is 5.41 Å². The molecular formula is C15H19BrO. The number of hydrogen-bond acceptors (Lipinski definition) is 1. The highest BCUT2D eigenvalue weighted by Crippen LogP contribution is 2.61. The zero-order chi connectivity index (χ0) is 11.9. The third kappa shape index (κ3) is 2.24. The van der Waals surface area contributed by atoms with Gasteiger partial charge >= 0.3 is 0 Å².